The summed E-state index contributed by atoms with van der Waals surface area (Å²) >= 11 is 0. The van der Waals surface area contributed by atoms with Crippen LogP contribution < -0.4 is 10.2 Å². The Hall–Kier alpha value is -3.61. The van der Waals surface area contributed by atoms with Gasteiger partial charge in [0.05, 0.1) is 0 Å². The minimum Gasteiger partial charge on any atom is -0.351 e. The van der Waals surface area contributed by atoms with Gasteiger partial charge in [0.1, 0.15) is 17.6 Å². The van der Waals surface area contributed by atoms with E-state index in [-0.39, 0.29) is 17.6 Å². The van der Waals surface area contributed by atoms with Crippen molar-refractivity contribution in [1.29, 1.82) is 0 Å². The molecule has 1 fully saturated rings. The summed E-state index contributed by atoms with van der Waals surface area (Å²) in [4.78, 5) is 36.8. The van der Waals surface area contributed by atoms with Gasteiger partial charge in [0.15, 0.2) is 0 Å². The minimum atomic E-state index is -0.958. The van der Waals surface area contributed by atoms with Crippen molar-refractivity contribution in [2.45, 2.75) is 44.2 Å². The number of nitrogens with one attached hydrogen (secondary N) is 1. The maximum atomic E-state index is 13.7. The summed E-state index contributed by atoms with van der Waals surface area (Å²) in [6.07, 6.45) is 9.84. The zero-order valence-corrected chi connectivity index (χ0v) is 17.7. The highest BCUT2D eigenvalue weighted by molar-refractivity contribution is 6.09. The largest absolute Gasteiger partial charge is 0.351 e. The molecule has 32 heavy (non-hydrogen) atoms. The third-order valence-electron chi connectivity index (χ3n) is 5.69. The number of carbonyl (C=O) groups is 2. The molecule has 0 spiro atoms. The van der Waals surface area contributed by atoms with Gasteiger partial charge in [-0.1, -0.05) is 25.3 Å². The molecule has 0 aliphatic heterocycles. The van der Waals surface area contributed by atoms with Crippen LogP contribution in [0.2, 0.25) is 0 Å². The lowest BCUT2D eigenvalue weighted by molar-refractivity contribution is -0.123. The van der Waals surface area contributed by atoms with E-state index < -0.39 is 17.8 Å². The number of carbonyl (C=O) groups excluding carboxylic acids is 2. The summed E-state index contributed by atoms with van der Waals surface area (Å²) in [5, 5.41) is 3.14. The SMILES string of the molecule is O=C(NC1CCCCC1)C(c1ccncc1)N(C(=O)c1ccccn1)c1ccc(F)cc1. The van der Waals surface area contributed by atoms with Crippen LogP contribution in [-0.2, 0) is 4.79 Å². The Bertz CT molecular complexity index is 1040. The molecule has 3 aromatic rings. The fourth-order valence-corrected chi connectivity index (χ4v) is 4.09. The Balaban J connectivity index is 1.77. The smallest absolute Gasteiger partial charge is 0.277 e. The summed E-state index contributed by atoms with van der Waals surface area (Å²) in [6.45, 7) is 0. The highest BCUT2D eigenvalue weighted by atomic mass is 19.1. The van der Waals surface area contributed by atoms with Crippen molar-refractivity contribution in [3.63, 3.8) is 0 Å². The zero-order valence-electron chi connectivity index (χ0n) is 17.7. The van der Waals surface area contributed by atoms with Crippen molar-refractivity contribution >= 4 is 17.5 Å². The average Bonchev–Trinajstić information content (AvgIpc) is 2.84. The summed E-state index contributed by atoms with van der Waals surface area (Å²) in [5.74, 6) is -1.15. The molecule has 1 saturated carbocycles. The van der Waals surface area contributed by atoms with E-state index in [2.05, 4.69) is 15.3 Å². The average molecular weight is 432 g/mol. The molecule has 4 rings (SSSR count). The molecule has 2 aromatic heterocycles. The van der Waals surface area contributed by atoms with Crippen LogP contribution in [0.25, 0.3) is 0 Å². The predicted octanol–water partition coefficient (Wildman–Crippen LogP) is 4.45. The molecule has 6 nitrogen and oxygen atoms in total. The number of halogens is 1. The standard InChI is InChI=1S/C25H25FN4O2/c26-19-9-11-21(12-10-19)30(25(32)22-8-4-5-15-28-22)23(18-13-16-27-17-14-18)24(31)29-20-6-2-1-3-7-20/h4-5,8-17,20,23H,1-3,6-7H2,(H,29,31). The molecular weight excluding hydrogens is 407 g/mol. The van der Waals surface area contributed by atoms with E-state index in [4.69, 9.17) is 0 Å². The molecular formula is C25H25FN4O2. The maximum Gasteiger partial charge on any atom is 0.277 e. The number of pyridine rings is 2. The van der Waals surface area contributed by atoms with Crippen LogP contribution in [0.4, 0.5) is 10.1 Å². The fourth-order valence-electron chi connectivity index (χ4n) is 4.09. The molecule has 2 amide bonds. The van der Waals surface area contributed by atoms with Crippen molar-refractivity contribution in [1.82, 2.24) is 15.3 Å². The second-order valence-electron chi connectivity index (χ2n) is 7.89. The summed E-state index contributed by atoms with van der Waals surface area (Å²) < 4.78 is 13.7. The molecule has 2 heterocycles. The van der Waals surface area contributed by atoms with Crippen LogP contribution >= 0.6 is 0 Å². The van der Waals surface area contributed by atoms with Crippen molar-refractivity contribution in [2.75, 3.05) is 4.90 Å². The number of amides is 2. The predicted molar refractivity (Wildman–Crippen MR) is 119 cm³/mol. The van der Waals surface area contributed by atoms with E-state index in [0.717, 1.165) is 25.7 Å². The fraction of sp³-hybridized carbons (Fsp3) is 0.280. The first-order valence-electron chi connectivity index (χ1n) is 10.8. The van der Waals surface area contributed by atoms with Crippen LogP contribution in [0, 0.1) is 5.82 Å². The number of rotatable bonds is 6. The van der Waals surface area contributed by atoms with Gasteiger partial charge >= 0.3 is 0 Å². The number of anilines is 1. The highest BCUT2D eigenvalue weighted by Gasteiger charge is 2.35. The van der Waals surface area contributed by atoms with E-state index in [9.17, 15) is 14.0 Å². The number of hydrogen-bond donors (Lipinski definition) is 1. The Morgan fingerprint density at radius 3 is 2.31 bits per heavy atom. The van der Waals surface area contributed by atoms with Crippen LogP contribution in [0.1, 0.15) is 54.2 Å². The minimum absolute atomic E-state index is 0.0700. The lowest BCUT2D eigenvalue weighted by Gasteiger charge is -2.33. The van der Waals surface area contributed by atoms with Crippen LogP contribution in [0.5, 0.6) is 0 Å². The maximum absolute atomic E-state index is 13.7. The van der Waals surface area contributed by atoms with E-state index in [1.807, 2.05) is 0 Å². The van der Waals surface area contributed by atoms with E-state index in [1.54, 1.807) is 42.7 Å². The Morgan fingerprint density at radius 1 is 0.938 bits per heavy atom. The Morgan fingerprint density at radius 2 is 1.66 bits per heavy atom. The third-order valence-corrected chi connectivity index (χ3v) is 5.69. The van der Waals surface area contributed by atoms with Gasteiger partial charge in [0.25, 0.3) is 5.91 Å². The first-order valence-corrected chi connectivity index (χ1v) is 10.8. The van der Waals surface area contributed by atoms with Crippen molar-refractivity contribution < 1.29 is 14.0 Å². The van der Waals surface area contributed by atoms with Gasteiger partial charge in [-0.05, 0) is 66.9 Å². The molecule has 0 saturated heterocycles. The first-order chi connectivity index (χ1) is 15.6. The molecule has 1 unspecified atom stereocenters. The summed E-state index contributed by atoms with van der Waals surface area (Å²) in [6, 6.07) is 13.1. The molecule has 1 aromatic carbocycles. The number of nitrogens with zero attached hydrogens (tertiary/aromatic N) is 3. The van der Waals surface area contributed by atoms with Gasteiger partial charge in [0.2, 0.25) is 5.91 Å². The van der Waals surface area contributed by atoms with Crippen molar-refractivity contribution in [3.8, 4) is 0 Å². The first kappa shape index (κ1) is 21.6. The second-order valence-corrected chi connectivity index (χ2v) is 7.89. The van der Waals surface area contributed by atoms with Crippen LogP contribution in [0.15, 0.2) is 73.2 Å². The molecule has 1 aliphatic carbocycles. The van der Waals surface area contributed by atoms with Crippen molar-refractivity contribution in [2.24, 2.45) is 0 Å². The highest BCUT2D eigenvalue weighted by Crippen LogP contribution is 2.30. The normalized spacial score (nSPS) is 15.0. The summed E-state index contributed by atoms with van der Waals surface area (Å²) in [7, 11) is 0. The lowest BCUT2D eigenvalue weighted by atomic mass is 9.94. The number of benzene rings is 1. The molecule has 1 N–H and O–H groups in total. The zero-order chi connectivity index (χ0) is 22.3. The van der Waals surface area contributed by atoms with E-state index >= 15 is 0 Å². The van der Waals surface area contributed by atoms with Gasteiger partial charge in [-0.3, -0.25) is 24.5 Å². The van der Waals surface area contributed by atoms with Gasteiger partial charge in [0, 0.05) is 30.3 Å². The summed E-state index contributed by atoms with van der Waals surface area (Å²) in [5.41, 5.74) is 1.21. The monoisotopic (exact) mass is 432 g/mol. The van der Waals surface area contributed by atoms with Gasteiger partial charge in [-0.2, -0.15) is 0 Å². The molecule has 0 radical (unpaired) electrons. The second kappa shape index (κ2) is 10.1. The van der Waals surface area contributed by atoms with E-state index in [1.165, 1.54) is 41.8 Å². The Kier molecular flexibility index (Phi) is 6.84. The molecule has 7 heteroatoms. The van der Waals surface area contributed by atoms with Gasteiger partial charge < -0.3 is 5.32 Å². The number of aromatic nitrogens is 2. The van der Waals surface area contributed by atoms with Gasteiger partial charge in [-0.15, -0.1) is 0 Å². The van der Waals surface area contributed by atoms with E-state index in [0.29, 0.717) is 11.3 Å². The molecule has 164 valence electrons. The third kappa shape index (κ3) is 4.99. The van der Waals surface area contributed by atoms with Crippen LogP contribution in [-0.4, -0.2) is 27.8 Å². The quantitative estimate of drug-likeness (QED) is 0.624. The Labute approximate surface area is 186 Å². The van der Waals surface area contributed by atoms with Crippen LogP contribution in [0.3, 0.4) is 0 Å². The van der Waals surface area contributed by atoms with Gasteiger partial charge in [-0.25, -0.2) is 4.39 Å². The molecule has 1 atom stereocenters. The topological polar surface area (TPSA) is 75.2 Å². The molecule has 0 bridgehead atoms. The lowest BCUT2D eigenvalue weighted by Crippen LogP contribution is -2.47. The number of hydrogen-bond acceptors (Lipinski definition) is 4. The van der Waals surface area contributed by atoms with Crippen molar-refractivity contribution in [3.05, 3.63) is 90.3 Å². The molecule has 1 aliphatic rings.